The van der Waals surface area contributed by atoms with Gasteiger partial charge < -0.3 is 10.0 Å². The summed E-state index contributed by atoms with van der Waals surface area (Å²) in [6, 6.07) is 12.6. The van der Waals surface area contributed by atoms with E-state index in [2.05, 4.69) is 0 Å². The van der Waals surface area contributed by atoms with Crippen molar-refractivity contribution in [1.29, 1.82) is 5.26 Å². The van der Waals surface area contributed by atoms with E-state index in [0.717, 1.165) is 5.39 Å². The molecule has 0 atom stereocenters. The third-order valence-corrected chi connectivity index (χ3v) is 2.35. The molecule has 2 aromatic rings. The van der Waals surface area contributed by atoms with Gasteiger partial charge in [0.2, 0.25) is 0 Å². The number of hydrogen-bond acceptors (Lipinski definition) is 3. The summed E-state index contributed by atoms with van der Waals surface area (Å²) >= 11 is 0. The molecule has 2 N–H and O–H groups in total. The zero-order valence-electron chi connectivity index (χ0n) is 7.88. The summed E-state index contributed by atoms with van der Waals surface area (Å²) in [4.78, 5) is 0. The number of fused-ring (bicyclic) bond motifs is 1. The van der Waals surface area contributed by atoms with Crippen LogP contribution in [0.25, 0.3) is 10.8 Å². The molecule has 0 unspecified atom stereocenters. The van der Waals surface area contributed by atoms with E-state index in [4.69, 9.17) is 5.26 Å². The van der Waals surface area contributed by atoms with E-state index < -0.39 is 7.12 Å². The molecule has 0 aliphatic carbocycles. The smallest absolute Gasteiger partial charge is 0.423 e. The van der Waals surface area contributed by atoms with Crippen LogP contribution in [-0.4, -0.2) is 17.2 Å². The van der Waals surface area contributed by atoms with E-state index in [1.165, 1.54) is 0 Å². The van der Waals surface area contributed by atoms with Crippen LogP contribution < -0.4 is 5.46 Å². The number of nitriles is 1. The first-order valence-corrected chi connectivity index (χ1v) is 4.52. The molecule has 2 aromatic carbocycles. The second kappa shape index (κ2) is 3.74. The molecule has 0 saturated heterocycles. The van der Waals surface area contributed by atoms with E-state index in [1.54, 1.807) is 24.3 Å². The number of benzene rings is 2. The van der Waals surface area contributed by atoms with Crippen molar-refractivity contribution in [3.8, 4) is 6.07 Å². The summed E-state index contributed by atoms with van der Waals surface area (Å²) in [5, 5.41) is 28.9. The minimum absolute atomic E-state index is 0.274. The van der Waals surface area contributed by atoms with Crippen molar-refractivity contribution in [2.24, 2.45) is 0 Å². The van der Waals surface area contributed by atoms with Crippen LogP contribution in [0.15, 0.2) is 36.4 Å². The Bertz CT molecular complexity index is 546. The summed E-state index contributed by atoms with van der Waals surface area (Å²) < 4.78 is 0. The topological polar surface area (TPSA) is 64.2 Å². The van der Waals surface area contributed by atoms with Gasteiger partial charge in [0.1, 0.15) is 0 Å². The predicted molar refractivity (Wildman–Crippen MR) is 58.5 cm³/mol. The largest absolute Gasteiger partial charge is 0.490 e. The van der Waals surface area contributed by atoms with Gasteiger partial charge in [-0.05, 0) is 16.8 Å². The molecule has 0 saturated carbocycles. The van der Waals surface area contributed by atoms with Crippen molar-refractivity contribution < 1.29 is 10.0 Å². The summed E-state index contributed by atoms with van der Waals surface area (Å²) in [7, 11) is -1.62. The van der Waals surface area contributed by atoms with Crippen LogP contribution in [0, 0.1) is 11.3 Å². The zero-order valence-corrected chi connectivity index (χ0v) is 7.88. The van der Waals surface area contributed by atoms with Gasteiger partial charge in [0.15, 0.2) is 0 Å². The molecule has 0 heterocycles. The van der Waals surface area contributed by atoms with Gasteiger partial charge in [0.25, 0.3) is 0 Å². The summed E-state index contributed by atoms with van der Waals surface area (Å²) in [6.45, 7) is 0. The molecule has 0 bridgehead atoms. The Morgan fingerprint density at radius 3 is 2.47 bits per heavy atom. The highest BCUT2D eigenvalue weighted by Crippen LogP contribution is 2.13. The quantitative estimate of drug-likeness (QED) is 0.650. The van der Waals surface area contributed by atoms with Crippen LogP contribution >= 0.6 is 0 Å². The third kappa shape index (κ3) is 1.59. The van der Waals surface area contributed by atoms with Crippen LogP contribution in [0.1, 0.15) is 5.56 Å². The number of rotatable bonds is 1. The Kier molecular flexibility index (Phi) is 2.42. The van der Waals surface area contributed by atoms with E-state index in [-0.39, 0.29) is 5.46 Å². The molecule has 4 heteroatoms. The Morgan fingerprint density at radius 2 is 1.80 bits per heavy atom. The molecule has 0 fully saturated rings. The molecular formula is C11H8BNO2. The average molecular weight is 197 g/mol. The maximum Gasteiger partial charge on any atom is 0.490 e. The minimum atomic E-state index is -1.62. The fourth-order valence-electron chi connectivity index (χ4n) is 1.67. The highest BCUT2D eigenvalue weighted by molar-refractivity contribution is 6.62. The molecule has 0 aliphatic heterocycles. The van der Waals surface area contributed by atoms with Gasteiger partial charge >= 0.3 is 7.12 Å². The van der Waals surface area contributed by atoms with Crippen molar-refractivity contribution in [3.05, 3.63) is 42.0 Å². The van der Waals surface area contributed by atoms with Gasteiger partial charge in [-0.2, -0.15) is 5.26 Å². The lowest BCUT2D eigenvalue weighted by Gasteiger charge is -2.07. The fourth-order valence-corrected chi connectivity index (χ4v) is 1.67. The number of nitrogens with zero attached hydrogens (tertiary/aromatic N) is 1. The summed E-state index contributed by atoms with van der Waals surface area (Å²) in [6.07, 6.45) is 0. The molecule has 0 amide bonds. The van der Waals surface area contributed by atoms with E-state index in [1.807, 2.05) is 18.2 Å². The molecule has 0 radical (unpaired) electrons. The molecule has 0 spiro atoms. The van der Waals surface area contributed by atoms with E-state index in [9.17, 15) is 10.0 Å². The molecule has 0 aromatic heterocycles. The van der Waals surface area contributed by atoms with Gasteiger partial charge in [-0.15, -0.1) is 0 Å². The lowest BCUT2D eigenvalue weighted by atomic mass is 9.74. The second-order valence-corrected chi connectivity index (χ2v) is 3.23. The van der Waals surface area contributed by atoms with Crippen LogP contribution in [0.3, 0.4) is 0 Å². The highest BCUT2D eigenvalue weighted by Gasteiger charge is 2.18. The fraction of sp³-hybridized carbons (Fsp3) is 0. The van der Waals surface area contributed by atoms with E-state index >= 15 is 0 Å². The molecule has 15 heavy (non-hydrogen) atoms. The van der Waals surface area contributed by atoms with Crippen molar-refractivity contribution in [3.63, 3.8) is 0 Å². The van der Waals surface area contributed by atoms with Crippen molar-refractivity contribution in [2.45, 2.75) is 0 Å². The molecule has 3 nitrogen and oxygen atoms in total. The summed E-state index contributed by atoms with van der Waals surface area (Å²) in [5.74, 6) is 0. The maximum absolute atomic E-state index is 9.24. The van der Waals surface area contributed by atoms with Gasteiger partial charge in [0.05, 0.1) is 11.6 Å². The lowest BCUT2D eigenvalue weighted by Crippen LogP contribution is -2.33. The molecule has 2 rings (SSSR count). The predicted octanol–water partition coefficient (Wildman–Crippen LogP) is 0.391. The van der Waals surface area contributed by atoms with Gasteiger partial charge in [-0.25, -0.2) is 0 Å². The number of hydrogen-bond donors (Lipinski definition) is 2. The first-order valence-electron chi connectivity index (χ1n) is 4.52. The van der Waals surface area contributed by atoms with Crippen molar-refractivity contribution in [2.75, 3.05) is 0 Å². The Morgan fingerprint density at radius 1 is 1.07 bits per heavy atom. The Balaban J connectivity index is 2.86. The monoisotopic (exact) mass is 197 g/mol. The third-order valence-electron chi connectivity index (χ3n) is 2.35. The van der Waals surface area contributed by atoms with Gasteiger partial charge in [-0.1, -0.05) is 30.3 Å². The minimum Gasteiger partial charge on any atom is -0.423 e. The van der Waals surface area contributed by atoms with Gasteiger partial charge in [-0.3, -0.25) is 0 Å². The lowest BCUT2D eigenvalue weighted by molar-refractivity contribution is 0.426. The Hall–Kier alpha value is -1.83. The van der Waals surface area contributed by atoms with Gasteiger partial charge in [0, 0.05) is 5.46 Å². The maximum atomic E-state index is 9.24. The normalized spacial score (nSPS) is 9.93. The second-order valence-electron chi connectivity index (χ2n) is 3.23. The molecular weight excluding hydrogens is 189 g/mol. The van der Waals surface area contributed by atoms with Crippen LogP contribution in [0.4, 0.5) is 0 Å². The van der Waals surface area contributed by atoms with Crippen LogP contribution in [-0.2, 0) is 0 Å². The first-order chi connectivity index (χ1) is 7.24. The van der Waals surface area contributed by atoms with Crippen molar-refractivity contribution in [1.82, 2.24) is 0 Å². The van der Waals surface area contributed by atoms with Crippen molar-refractivity contribution >= 4 is 23.4 Å². The Labute approximate surface area is 87.4 Å². The van der Waals surface area contributed by atoms with Crippen LogP contribution in [0.2, 0.25) is 0 Å². The van der Waals surface area contributed by atoms with E-state index in [0.29, 0.717) is 10.9 Å². The molecule has 0 aliphatic rings. The molecule has 72 valence electrons. The SMILES string of the molecule is N#Cc1ccc2ccccc2c1B(O)O. The standard InChI is InChI=1S/C11H8BNO2/c13-7-9-6-5-8-3-1-2-4-10(8)11(9)12(14)15/h1-6,14-15H. The highest BCUT2D eigenvalue weighted by atomic mass is 16.4. The zero-order chi connectivity index (χ0) is 10.8. The van der Waals surface area contributed by atoms with Crippen LogP contribution in [0.5, 0.6) is 0 Å². The average Bonchev–Trinajstić information content (AvgIpc) is 2.27. The summed E-state index contributed by atoms with van der Waals surface area (Å²) in [5.41, 5.74) is 0.569. The first kappa shape index (κ1) is 9.72.